The van der Waals surface area contributed by atoms with Gasteiger partial charge in [0.25, 0.3) is 10.0 Å². The van der Waals surface area contributed by atoms with Crippen LogP contribution in [0.25, 0.3) is 0 Å². The highest BCUT2D eigenvalue weighted by atomic mass is 35.5. The molecule has 3 aromatic rings. The first kappa shape index (κ1) is 21.1. The second-order valence-electron chi connectivity index (χ2n) is 6.67. The largest absolute Gasteiger partial charge is 0.490 e. The molecule has 0 saturated heterocycles. The van der Waals surface area contributed by atoms with Gasteiger partial charge in [-0.3, -0.25) is 0 Å². The molecule has 1 heterocycles. The van der Waals surface area contributed by atoms with Crippen LogP contribution in [-0.4, -0.2) is 20.9 Å². The van der Waals surface area contributed by atoms with Gasteiger partial charge in [0, 0.05) is 5.56 Å². The molecule has 0 fully saturated rings. The molecular formula is C22H18ClFN2O4S. The second-order valence-corrected chi connectivity index (χ2v) is 8.65. The van der Waals surface area contributed by atoms with Crippen LogP contribution in [-0.2, 0) is 16.6 Å². The average Bonchev–Trinajstić information content (AvgIpc) is 2.74. The van der Waals surface area contributed by atoms with Crippen molar-refractivity contribution < 1.29 is 22.3 Å². The van der Waals surface area contributed by atoms with E-state index in [1.807, 2.05) is 0 Å². The highest BCUT2D eigenvalue weighted by Crippen LogP contribution is 2.38. The van der Waals surface area contributed by atoms with E-state index >= 15 is 0 Å². The Kier molecular flexibility index (Phi) is 5.84. The number of sulfonamides is 1. The van der Waals surface area contributed by atoms with Gasteiger partial charge in [-0.1, -0.05) is 35.9 Å². The van der Waals surface area contributed by atoms with E-state index in [1.165, 1.54) is 18.2 Å². The molecule has 0 radical (unpaired) electrons. The van der Waals surface area contributed by atoms with Crippen LogP contribution in [0.15, 0.2) is 70.0 Å². The predicted octanol–water partition coefficient (Wildman–Crippen LogP) is 5.02. The molecule has 1 N–H and O–H groups in total. The molecule has 0 spiro atoms. The Morgan fingerprint density at radius 2 is 1.81 bits per heavy atom. The third-order valence-corrected chi connectivity index (χ3v) is 6.12. The van der Waals surface area contributed by atoms with E-state index in [0.717, 1.165) is 5.56 Å². The van der Waals surface area contributed by atoms with Gasteiger partial charge in [0.2, 0.25) is 0 Å². The highest BCUT2D eigenvalue weighted by Gasteiger charge is 2.26. The summed E-state index contributed by atoms with van der Waals surface area (Å²) >= 11 is 6.46. The minimum absolute atomic E-state index is 0.106. The summed E-state index contributed by atoms with van der Waals surface area (Å²) in [6, 6.07) is 15.6. The van der Waals surface area contributed by atoms with Crippen LogP contribution < -0.4 is 14.8 Å². The van der Waals surface area contributed by atoms with Crippen LogP contribution in [0, 0.1) is 5.82 Å². The fourth-order valence-electron chi connectivity index (χ4n) is 3.08. The van der Waals surface area contributed by atoms with E-state index < -0.39 is 10.0 Å². The van der Waals surface area contributed by atoms with Crippen molar-refractivity contribution in [3.63, 3.8) is 0 Å². The molecule has 0 aromatic heterocycles. The highest BCUT2D eigenvalue weighted by molar-refractivity contribution is 7.90. The molecule has 1 aliphatic heterocycles. The van der Waals surface area contributed by atoms with Crippen molar-refractivity contribution >= 4 is 33.1 Å². The van der Waals surface area contributed by atoms with Crippen LogP contribution in [0.2, 0.25) is 5.02 Å². The Bertz CT molecular complexity index is 1260. The summed E-state index contributed by atoms with van der Waals surface area (Å²) < 4.78 is 53.6. The number of benzene rings is 3. The van der Waals surface area contributed by atoms with Crippen LogP contribution >= 0.6 is 11.6 Å². The Labute approximate surface area is 184 Å². The molecule has 0 bridgehead atoms. The van der Waals surface area contributed by atoms with Gasteiger partial charge in [-0.15, -0.1) is 4.40 Å². The number of rotatable bonds is 6. The van der Waals surface area contributed by atoms with Crippen LogP contribution in [0.3, 0.4) is 0 Å². The summed E-state index contributed by atoms with van der Waals surface area (Å²) in [6.45, 7) is 2.30. The van der Waals surface area contributed by atoms with E-state index in [4.69, 9.17) is 21.1 Å². The maximum atomic E-state index is 13.1. The molecule has 9 heteroatoms. The molecule has 6 nitrogen and oxygen atoms in total. The summed E-state index contributed by atoms with van der Waals surface area (Å²) in [4.78, 5) is 0.106. The van der Waals surface area contributed by atoms with Crippen molar-refractivity contribution in [2.24, 2.45) is 4.40 Å². The van der Waals surface area contributed by atoms with E-state index in [2.05, 4.69) is 9.71 Å². The van der Waals surface area contributed by atoms with Crippen LogP contribution in [0.4, 0.5) is 10.1 Å². The summed E-state index contributed by atoms with van der Waals surface area (Å²) in [5.74, 6) is 0.439. The van der Waals surface area contributed by atoms with Gasteiger partial charge in [-0.05, 0) is 48.9 Å². The number of para-hydroxylation sites is 1. The third kappa shape index (κ3) is 4.50. The maximum absolute atomic E-state index is 13.1. The molecule has 4 rings (SSSR count). The van der Waals surface area contributed by atoms with E-state index in [0.29, 0.717) is 29.4 Å². The van der Waals surface area contributed by atoms with E-state index in [1.54, 1.807) is 49.4 Å². The Hall–Kier alpha value is -3.10. The quantitative estimate of drug-likeness (QED) is 0.559. The van der Waals surface area contributed by atoms with Gasteiger partial charge in [0.05, 0.1) is 17.3 Å². The van der Waals surface area contributed by atoms with Gasteiger partial charge in [0.1, 0.15) is 17.3 Å². The molecule has 0 aliphatic carbocycles. The number of halogens is 2. The lowest BCUT2D eigenvalue weighted by atomic mass is 10.1. The zero-order chi connectivity index (χ0) is 22.0. The van der Waals surface area contributed by atoms with Crippen molar-refractivity contribution in [1.29, 1.82) is 0 Å². The number of nitrogens with one attached hydrogen (secondary N) is 1. The number of anilines is 1. The standard InChI is InChI=1S/C22H18ClFN2O4S/c1-2-29-19-12-15(22-25-18-5-3-4-6-20(18)31(27,28)26-22)11-17(23)21(19)30-13-14-7-9-16(24)10-8-14/h3-12H,2,13H2,1H3,(H,25,26). The minimum atomic E-state index is -3.86. The number of nitrogens with zero attached hydrogens (tertiary/aromatic N) is 1. The predicted molar refractivity (Wildman–Crippen MR) is 117 cm³/mol. The normalized spacial score (nSPS) is 14.2. The molecule has 1 aliphatic rings. The Balaban J connectivity index is 1.67. The number of hydrogen-bond acceptors (Lipinski definition) is 5. The lowest BCUT2D eigenvalue weighted by Gasteiger charge is -2.20. The molecule has 0 unspecified atom stereocenters. The summed E-state index contributed by atoms with van der Waals surface area (Å²) in [5.41, 5.74) is 1.61. The van der Waals surface area contributed by atoms with Crippen molar-refractivity contribution in [2.45, 2.75) is 18.4 Å². The van der Waals surface area contributed by atoms with Crippen LogP contribution in [0.5, 0.6) is 11.5 Å². The molecular weight excluding hydrogens is 443 g/mol. The fraction of sp³-hybridized carbons (Fsp3) is 0.136. The Morgan fingerprint density at radius 1 is 1.06 bits per heavy atom. The third-order valence-electron chi connectivity index (χ3n) is 4.51. The first-order valence-electron chi connectivity index (χ1n) is 9.42. The monoisotopic (exact) mass is 460 g/mol. The summed E-state index contributed by atoms with van der Waals surface area (Å²) in [5, 5.41) is 3.25. The van der Waals surface area contributed by atoms with E-state index in [-0.39, 0.29) is 28.2 Å². The van der Waals surface area contributed by atoms with Gasteiger partial charge in [0.15, 0.2) is 17.3 Å². The molecule has 160 valence electrons. The number of amidine groups is 1. The van der Waals surface area contributed by atoms with Gasteiger partial charge < -0.3 is 14.8 Å². The Morgan fingerprint density at radius 3 is 2.55 bits per heavy atom. The van der Waals surface area contributed by atoms with Gasteiger partial charge in [-0.2, -0.15) is 8.42 Å². The van der Waals surface area contributed by atoms with Crippen molar-refractivity contribution in [2.75, 3.05) is 11.9 Å². The van der Waals surface area contributed by atoms with Gasteiger partial charge >= 0.3 is 0 Å². The first-order chi connectivity index (χ1) is 14.9. The fourth-order valence-corrected chi connectivity index (χ4v) is 4.49. The van der Waals surface area contributed by atoms with Crippen molar-refractivity contribution in [3.05, 3.63) is 82.6 Å². The molecule has 31 heavy (non-hydrogen) atoms. The number of hydrogen-bond donors (Lipinski definition) is 1. The topological polar surface area (TPSA) is 77.0 Å². The van der Waals surface area contributed by atoms with Crippen molar-refractivity contribution in [1.82, 2.24) is 0 Å². The van der Waals surface area contributed by atoms with Crippen LogP contribution in [0.1, 0.15) is 18.1 Å². The van der Waals surface area contributed by atoms with E-state index in [9.17, 15) is 12.8 Å². The second kappa shape index (κ2) is 8.56. The summed E-state index contributed by atoms with van der Waals surface area (Å²) in [7, 11) is -3.86. The molecule has 0 amide bonds. The zero-order valence-electron chi connectivity index (χ0n) is 16.4. The van der Waals surface area contributed by atoms with Gasteiger partial charge in [-0.25, -0.2) is 4.39 Å². The number of ether oxygens (including phenoxy) is 2. The smallest absolute Gasteiger partial charge is 0.286 e. The first-order valence-corrected chi connectivity index (χ1v) is 11.2. The summed E-state index contributed by atoms with van der Waals surface area (Å²) in [6.07, 6.45) is 0. The average molecular weight is 461 g/mol. The lowest BCUT2D eigenvalue weighted by molar-refractivity contribution is 0.269. The minimum Gasteiger partial charge on any atom is -0.490 e. The number of fused-ring (bicyclic) bond motifs is 1. The zero-order valence-corrected chi connectivity index (χ0v) is 18.0. The molecule has 0 saturated carbocycles. The molecule has 0 atom stereocenters. The maximum Gasteiger partial charge on any atom is 0.286 e. The SMILES string of the molecule is CCOc1cc(C2=NS(=O)(=O)c3ccccc3N2)cc(Cl)c1OCc1ccc(F)cc1. The lowest BCUT2D eigenvalue weighted by Crippen LogP contribution is -2.22. The van der Waals surface area contributed by atoms with Crippen molar-refractivity contribution in [3.8, 4) is 11.5 Å². The molecule has 3 aromatic carbocycles.